The molecule has 22 heavy (non-hydrogen) atoms. The highest BCUT2D eigenvalue weighted by Gasteiger charge is 2.28. The van der Waals surface area contributed by atoms with Crippen LogP contribution in [0.15, 0.2) is 12.3 Å². The third kappa shape index (κ3) is 3.84. The Kier molecular flexibility index (Phi) is 5.13. The molecule has 1 aliphatic heterocycles. The topological polar surface area (TPSA) is 102 Å². The first-order chi connectivity index (χ1) is 10.5. The summed E-state index contributed by atoms with van der Waals surface area (Å²) in [7, 11) is 0. The van der Waals surface area contributed by atoms with E-state index in [9.17, 15) is 14.4 Å². The zero-order chi connectivity index (χ0) is 16.1. The molecule has 0 aliphatic carbocycles. The quantitative estimate of drug-likeness (QED) is 0.789. The summed E-state index contributed by atoms with van der Waals surface area (Å²) in [6, 6.07) is 1.35. The number of hydrogen-bond donors (Lipinski definition) is 1. The fraction of sp³-hybridized carbons (Fsp3) is 0.571. The molecule has 0 aromatic carbocycles. The number of carbonyl (C=O) groups excluding carboxylic acids is 2. The summed E-state index contributed by atoms with van der Waals surface area (Å²) >= 11 is 0. The molecule has 1 aromatic rings. The SMILES string of the molecule is CCOC(=O)C1CCN(C(=O)Cn2ccc(C(=O)O)n2)CC1. The lowest BCUT2D eigenvalue weighted by Gasteiger charge is -2.30. The van der Waals surface area contributed by atoms with Gasteiger partial charge in [0.05, 0.1) is 12.5 Å². The number of carboxylic acid groups (broad SMARTS) is 1. The van der Waals surface area contributed by atoms with E-state index in [2.05, 4.69) is 5.10 Å². The summed E-state index contributed by atoms with van der Waals surface area (Å²) in [5.41, 5.74) is -0.0891. The minimum absolute atomic E-state index is 0.00263. The number of piperidine rings is 1. The van der Waals surface area contributed by atoms with Crippen molar-refractivity contribution >= 4 is 17.8 Å². The molecule has 0 spiro atoms. The summed E-state index contributed by atoms with van der Waals surface area (Å²) < 4.78 is 6.29. The Balaban J connectivity index is 1.84. The molecular formula is C14H19N3O5. The van der Waals surface area contributed by atoms with Gasteiger partial charge < -0.3 is 14.7 Å². The highest BCUT2D eigenvalue weighted by atomic mass is 16.5. The van der Waals surface area contributed by atoms with Gasteiger partial charge in [-0.05, 0) is 25.8 Å². The molecule has 8 nitrogen and oxygen atoms in total. The van der Waals surface area contributed by atoms with Gasteiger partial charge in [-0.15, -0.1) is 0 Å². The maximum Gasteiger partial charge on any atom is 0.356 e. The van der Waals surface area contributed by atoms with E-state index >= 15 is 0 Å². The molecule has 0 bridgehead atoms. The smallest absolute Gasteiger partial charge is 0.356 e. The van der Waals surface area contributed by atoms with Crippen molar-refractivity contribution in [2.24, 2.45) is 5.92 Å². The molecule has 1 aliphatic rings. The number of esters is 1. The average molecular weight is 309 g/mol. The second-order valence-electron chi connectivity index (χ2n) is 5.11. The minimum Gasteiger partial charge on any atom is -0.476 e. The number of hydrogen-bond acceptors (Lipinski definition) is 5. The first kappa shape index (κ1) is 16.0. The predicted molar refractivity (Wildman–Crippen MR) is 75.1 cm³/mol. The van der Waals surface area contributed by atoms with E-state index in [1.807, 2.05) is 0 Å². The van der Waals surface area contributed by atoms with Crippen molar-refractivity contribution in [2.75, 3.05) is 19.7 Å². The Bertz CT molecular complexity index is 561. The molecule has 1 saturated heterocycles. The molecule has 1 N–H and O–H groups in total. The van der Waals surface area contributed by atoms with Gasteiger partial charge >= 0.3 is 11.9 Å². The number of likely N-dealkylation sites (tertiary alicyclic amines) is 1. The van der Waals surface area contributed by atoms with Crippen molar-refractivity contribution < 1.29 is 24.2 Å². The van der Waals surface area contributed by atoms with E-state index in [0.29, 0.717) is 32.5 Å². The van der Waals surface area contributed by atoms with Gasteiger partial charge in [0.1, 0.15) is 6.54 Å². The minimum atomic E-state index is -1.12. The standard InChI is InChI=1S/C14H19N3O5/c1-2-22-14(21)10-3-6-16(7-4-10)12(18)9-17-8-5-11(15-17)13(19)20/h5,8,10H,2-4,6-7,9H2,1H3,(H,19,20). The maximum absolute atomic E-state index is 12.2. The molecule has 120 valence electrons. The Morgan fingerprint density at radius 2 is 2.05 bits per heavy atom. The summed E-state index contributed by atoms with van der Waals surface area (Å²) in [6.07, 6.45) is 2.64. The highest BCUT2D eigenvalue weighted by molar-refractivity contribution is 5.85. The molecule has 2 heterocycles. The normalized spacial score (nSPS) is 15.6. The van der Waals surface area contributed by atoms with Gasteiger partial charge in [-0.2, -0.15) is 5.10 Å². The maximum atomic E-state index is 12.2. The number of rotatable bonds is 5. The van der Waals surface area contributed by atoms with Gasteiger partial charge in [0.15, 0.2) is 5.69 Å². The lowest BCUT2D eigenvalue weighted by molar-refractivity contribution is -0.151. The Morgan fingerprint density at radius 3 is 2.59 bits per heavy atom. The van der Waals surface area contributed by atoms with Crippen LogP contribution < -0.4 is 0 Å². The Morgan fingerprint density at radius 1 is 1.36 bits per heavy atom. The molecule has 0 unspecified atom stereocenters. The third-order valence-corrected chi connectivity index (χ3v) is 3.62. The van der Waals surface area contributed by atoms with E-state index < -0.39 is 5.97 Å². The number of aromatic nitrogens is 2. The predicted octanol–water partition coefficient (Wildman–Crippen LogP) is 0.383. The number of aromatic carboxylic acids is 1. The number of nitrogens with zero attached hydrogens (tertiary/aromatic N) is 3. The van der Waals surface area contributed by atoms with Gasteiger partial charge in [0.2, 0.25) is 5.91 Å². The summed E-state index contributed by atoms with van der Waals surface area (Å²) in [5, 5.41) is 12.6. The van der Waals surface area contributed by atoms with Crippen LogP contribution in [0.25, 0.3) is 0 Å². The van der Waals surface area contributed by atoms with Crippen molar-refractivity contribution in [3.63, 3.8) is 0 Å². The lowest BCUT2D eigenvalue weighted by atomic mass is 9.97. The van der Waals surface area contributed by atoms with Crippen molar-refractivity contribution in [3.05, 3.63) is 18.0 Å². The number of carboxylic acids is 1. The van der Waals surface area contributed by atoms with Gasteiger partial charge in [0, 0.05) is 19.3 Å². The van der Waals surface area contributed by atoms with Crippen LogP contribution in [0.4, 0.5) is 0 Å². The fourth-order valence-corrected chi connectivity index (χ4v) is 2.43. The van der Waals surface area contributed by atoms with E-state index in [-0.39, 0.29) is 30.0 Å². The molecule has 0 saturated carbocycles. The molecule has 0 radical (unpaired) electrons. The van der Waals surface area contributed by atoms with Crippen molar-refractivity contribution in [3.8, 4) is 0 Å². The van der Waals surface area contributed by atoms with Crippen molar-refractivity contribution in [1.29, 1.82) is 0 Å². The molecule has 1 fully saturated rings. The van der Waals surface area contributed by atoms with Crippen LogP contribution in [0, 0.1) is 5.92 Å². The number of ether oxygens (including phenoxy) is 1. The largest absolute Gasteiger partial charge is 0.476 e. The Hall–Kier alpha value is -2.38. The van der Waals surface area contributed by atoms with E-state index in [4.69, 9.17) is 9.84 Å². The zero-order valence-electron chi connectivity index (χ0n) is 12.4. The van der Waals surface area contributed by atoms with Gasteiger partial charge in [0.25, 0.3) is 0 Å². The third-order valence-electron chi connectivity index (χ3n) is 3.62. The Labute approximate surface area is 127 Å². The lowest BCUT2D eigenvalue weighted by Crippen LogP contribution is -2.42. The molecule has 8 heteroatoms. The van der Waals surface area contributed by atoms with Gasteiger partial charge in [-0.3, -0.25) is 14.3 Å². The summed E-state index contributed by atoms with van der Waals surface area (Å²) in [6.45, 7) is 3.12. The molecule has 1 amide bonds. The first-order valence-corrected chi connectivity index (χ1v) is 7.22. The monoisotopic (exact) mass is 309 g/mol. The van der Waals surface area contributed by atoms with Gasteiger partial charge in [-0.1, -0.05) is 0 Å². The molecule has 2 rings (SSSR count). The average Bonchev–Trinajstić information content (AvgIpc) is 2.96. The van der Waals surface area contributed by atoms with Crippen LogP contribution in [-0.4, -0.2) is 57.3 Å². The van der Waals surface area contributed by atoms with Crippen LogP contribution in [0.5, 0.6) is 0 Å². The van der Waals surface area contributed by atoms with Crippen molar-refractivity contribution in [2.45, 2.75) is 26.3 Å². The van der Waals surface area contributed by atoms with Gasteiger partial charge in [-0.25, -0.2) is 4.79 Å². The second kappa shape index (κ2) is 7.06. The first-order valence-electron chi connectivity index (χ1n) is 7.22. The number of carbonyl (C=O) groups is 3. The molecule has 0 atom stereocenters. The van der Waals surface area contributed by atoms with Crippen LogP contribution in [-0.2, 0) is 20.9 Å². The van der Waals surface area contributed by atoms with E-state index in [1.54, 1.807) is 11.8 Å². The zero-order valence-corrected chi connectivity index (χ0v) is 12.4. The van der Waals surface area contributed by atoms with Crippen LogP contribution in [0.3, 0.4) is 0 Å². The second-order valence-corrected chi connectivity index (χ2v) is 5.11. The summed E-state index contributed by atoms with van der Waals surface area (Å²) in [5.74, 6) is -1.61. The number of amides is 1. The fourth-order valence-electron chi connectivity index (χ4n) is 2.43. The van der Waals surface area contributed by atoms with E-state index in [1.165, 1.54) is 16.9 Å². The van der Waals surface area contributed by atoms with E-state index in [0.717, 1.165) is 0 Å². The van der Waals surface area contributed by atoms with Crippen LogP contribution in [0.2, 0.25) is 0 Å². The highest BCUT2D eigenvalue weighted by Crippen LogP contribution is 2.19. The molecular weight excluding hydrogens is 290 g/mol. The molecule has 1 aromatic heterocycles. The van der Waals surface area contributed by atoms with Crippen LogP contribution >= 0.6 is 0 Å². The van der Waals surface area contributed by atoms with Crippen LogP contribution in [0.1, 0.15) is 30.3 Å². The summed E-state index contributed by atoms with van der Waals surface area (Å²) in [4.78, 5) is 36.2. The van der Waals surface area contributed by atoms with Crippen molar-refractivity contribution in [1.82, 2.24) is 14.7 Å².